The highest BCUT2D eigenvalue weighted by Crippen LogP contribution is 2.39. The molecule has 102 valence electrons. The molecule has 3 nitrogen and oxygen atoms in total. The van der Waals surface area contributed by atoms with Crippen LogP contribution in [0.5, 0.6) is 0 Å². The Balaban J connectivity index is 2.17. The van der Waals surface area contributed by atoms with E-state index in [2.05, 4.69) is 34.9 Å². The zero-order valence-electron chi connectivity index (χ0n) is 11.5. The lowest BCUT2D eigenvalue weighted by atomic mass is 9.93. The van der Waals surface area contributed by atoms with Crippen molar-refractivity contribution >= 4 is 15.9 Å². The van der Waals surface area contributed by atoms with Gasteiger partial charge in [-0.25, -0.2) is 0 Å². The Kier molecular flexibility index (Phi) is 4.17. The summed E-state index contributed by atoms with van der Waals surface area (Å²) in [5.74, 6) is 0.688. The molecule has 1 aliphatic carbocycles. The van der Waals surface area contributed by atoms with Gasteiger partial charge in [-0.1, -0.05) is 20.3 Å². The van der Waals surface area contributed by atoms with E-state index in [0.717, 1.165) is 41.5 Å². The van der Waals surface area contributed by atoms with Gasteiger partial charge in [0.1, 0.15) is 0 Å². The summed E-state index contributed by atoms with van der Waals surface area (Å²) in [6.45, 7) is 4.32. The number of halogens is 1. The summed E-state index contributed by atoms with van der Waals surface area (Å²) in [6.07, 6.45) is 5.82. The van der Waals surface area contributed by atoms with Crippen molar-refractivity contribution in [3.63, 3.8) is 0 Å². The van der Waals surface area contributed by atoms with E-state index in [1.165, 1.54) is 6.42 Å². The van der Waals surface area contributed by atoms with Crippen LogP contribution in [-0.4, -0.2) is 20.5 Å². The van der Waals surface area contributed by atoms with E-state index >= 15 is 0 Å². The lowest BCUT2D eigenvalue weighted by Crippen LogP contribution is -2.29. The predicted octanol–water partition coefficient (Wildman–Crippen LogP) is 3.23. The van der Waals surface area contributed by atoms with Gasteiger partial charge in [-0.15, -0.1) is 0 Å². The molecule has 2 unspecified atom stereocenters. The van der Waals surface area contributed by atoms with E-state index < -0.39 is 5.60 Å². The quantitative estimate of drug-likeness (QED) is 0.926. The van der Waals surface area contributed by atoms with Crippen LogP contribution in [0.2, 0.25) is 0 Å². The molecule has 1 N–H and O–H groups in total. The van der Waals surface area contributed by atoms with Gasteiger partial charge in [-0.3, -0.25) is 4.68 Å². The minimum atomic E-state index is -0.526. The van der Waals surface area contributed by atoms with Crippen LogP contribution in [0.25, 0.3) is 0 Å². The number of hydrogen-bond acceptors (Lipinski definition) is 2. The van der Waals surface area contributed by atoms with Crippen molar-refractivity contribution in [3.8, 4) is 0 Å². The molecule has 0 bridgehead atoms. The van der Waals surface area contributed by atoms with E-state index in [-0.39, 0.29) is 0 Å². The van der Waals surface area contributed by atoms with Crippen molar-refractivity contribution in [1.82, 2.24) is 9.78 Å². The molecule has 1 fully saturated rings. The lowest BCUT2D eigenvalue weighted by molar-refractivity contribution is 0.0416. The van der Waals surface area contributed by atoms with Crippen LogP contribution in [0, 0.1) is 5.92 Å². The van der Waals surface area contributed by atoms with Crippen molar-refractivity contribution in [2.75, 3.05) is 0 Å². The molecule has 1 aromatic heterocycles. The molecular formula is C14H23BrN2O. The summed E-state index contributed by atoms with van der Waals surface area (Å²) in [6, 6.07) is 0. The van der Waals surface area contributed by atoms with Crippen LogP contribution < -0.4 is 0 Å². The van der Waals surface area contributed by atoms with Gasteiger partial charge in [0.05, 0.1) is 21.5 Å². The average molecular weight is 315 g/mol. The van der Waals surface area contributed by atoms with Crippen LogP contribution in [0.15, 0.2) is 4.47 Å². The average Bonchev–Trinajstić information content (AvgIpc) is 2.85. The van der Waals surface area contributed by atoms with Gasteiger partial charge in [0.15, 0.2) is 0 Å². The Bertz CT molecular complexity index is 430. The first-order valence-corrected chi connectivity index (χ1v) is 7.71. The molecule has 1 saturated carbocycles. The minimum absolute atomic E-state index is 0.526. The molecule has 2 rings (SSSR count). The molecule has 0 aromatic carbocycles. The highest BCUT2D eigenvalue weighted by atomic mass is 79.9. The van der Waals surface area contributed by atoms with Crippen molar-refractivity contribution in [2.45, 2.75) is 58.0 Å². The number of rotatable bonds is 4. The molecule has 0 radical (unpaired) electrons. The Morgan fingerprint density at radius 3 is 2.72 bits per heavy atom. The molecule has 0 spiro atoms. The van der Waals surface area contributed by atoms with Gasteiger partial charge in [-0.05, 0) is 47.5 Å². The fourth-order valence-corrected chi connectivity index (χ4v) is 3.80. The van der Waals surface area contributed by atoms with E-state index in [1.54, 1.807) is 0 Å². The Morgan fingerprint density at radius 1 is 1.50 bits per heavy atom. The first kappa shape index (κ1) is 14.1. The van der Waals surface area contributed by atoms with Crippen LogP contribution >= 0.6 is 15.9 Å². The van der Waals surface area contributed by atoms with Crippen molar-refractivity contribution in [2.24, 2.45) is 13.0 Å². The van der Waals surface area contributed by atoms with E-state index in [0.29, 0.717) is 12.3 Å². The highest BCUT2D eigenvalue weighted by Gasteiger charge is 2.37. The SMILES string of the molecule is CCc1nn(C)c(CC2(O)CCC(CC)C2)c1Br. The summed E-state index contributed by atoms with van der Waals surface area (Å²) in [5, 5.41) is 15.2. The standard InChI is InChI=1S/C14H23BrN2O/c1-4-10-6-7-14(18,8-10)9-12-13(15)11(5-2)16-17(12)3/h10,18H,4-9H2,1-3H3. The summed E-state index contributed by atoms with van der Waals surface area (Å²) >= 11 is 3.63. The summed E-state index contributed by atoms with van der Waals surface area (Å²) in [5.41, 5.74) is 1.69. The maximum absolute atomic E-state index is 10.7. The smallest absolute Gasteiger partial charge is 0.0766 e. The molecule has 1 heterocycles. The van der Waals surface area contributed by atoms with E-state index in [4.69, 9.17) is 0 Å². The second kappa shape index (κ2) is 5.33. The molecule has 18 heavy (non-hydrogen) atoms. The lowest BCUT2D eigenvalue weighted by Gasteiger charge is -2.23. The largest absolute Gasteiger partial charge is 0.389 e. The second-order valence-electron chi connectivity index (χ2n) is 5.60. The van der Waals surface area contributed by atoms with Crippen LogP contribution in [0.1, 0.15) is 50.9 Å². The molecule has 1 aromatic rings. The maximum atomic E-state index is 10.7. The zero-order valence-corrected chi connectivity index (χ0v) is 13.1. The van der Waals surface area contributed by atoms with Crippen LogP contribution in [-0.2, 0) is 19.9 Å². The summed E-state index contributed by atoms with van der Waals surface area (Å²) in [7, 11) is 1.97. The third-order valence-electron chi connectivity index (χ3n) is 4.26. The molecule has 2 atom stereocenters. The van der Waals surface area contributed by atoms with Gasteiger partial charge in [0.25, 0.3) is 0 Å². The number of aryl methyl sites for hydroxylation is 2. The fourth-order valence-electron chi connectivity index (χ4n) is 3.05. The maximum Gasteiger partial charge on any atom is 0.0766 e. The van der Waals surface area contributed by atoms with Gasteiger partial charge in [0.2, 0.25) is 0 Å². The third-order valence-corrected chi connectivity index (χ3v) is 5.18. The predicted molar refractivity (Wildman–Crippen MR) is 76.6 cm³/mol. The topological polar surface area (TPSA) is 38.0 Å². The van der Waals surface area contributed by atoms with Crippen molar-refractivity contribution < 1.29 is 5.11 Å². The molecule has 1 aliphatic rings. The Labute approximate surface area is 118 Å². The highest BCUT2D eigenvalue weighted by molar-refractivity contribution is 9.10. The first-order chi connectivity index (χ1) is 8.49. The third kappa shape index (κ3) is 2.64. The first-order valence-electron chi connectivity index (χ1n) is 6.91. The fraction of sp³-hybridized carbons (Fsp3) is 0.786. The van der Waals surface area contributed by atoms with E-state index in [1.807, 2.05) is 11.7 Å². The molecule has 0 amide bonds. The van der Waals surface area contributed by atoms with Crippen LogP contribution in [0.3, 0.4) is 0 Å². The molecule has 0 aliphatic heterocycles. The number of nitrogens with zero attached hydrogens (tertiary/aromatic N) is 2. The zero-order chi connectivity index (χ0) is 13.3. The monoisotopic (exact) mass is 314 g/mol. The molecule has 4 heteroatoms. The van der Waals surface area contributed by atoms with Gasteiger partial charge in [0, 0.05) is 13.5 Å². The van der Waals surface area contributed by atoms with E-state index in [9.17, 15) is 5.11 Å². The van der Waals surface area contributed by atoms with Gasteiger partial charge < -0.3 is 5.11 Å². The number of hydrogen-bond donors (Lipinski definition) is 1. The second-order valence-corrected chi connectivity index (χ2v) is 6.40. The number of aromatic nitrogens is 2. The van der Waals surface area contributed by atoms with Crippen molar-refractivity contribution in [1.29, 1.82) is 0 Å². The minimum Gasteiger partial charge on any atom is -0.389 e. The Morgan fingerprint density at radius 2 is 2.22 bits per heavy atom. The van der Waals surface area contributed by atoms with Gasteiger partial charge >= 0.3 is 0 Å². The van der Waals surface area contributed by atoms with Gasteiger partial charge in [-0.2, -0.15) is 5.10 Å². The Hall–Kier alpha value is -0.350. The number of aliphatic hydroxyl groups is 1. The summed E-state index contributed by atoms with van der Waals surface area (Å²) in [4.78, 5) is 0. The van der Waals surface area contributed by atoms with Crippen LogP contribution in [0.4, 0.5) is 0 Å². The summed E-state index contributed by atoms with van der Waals surface area (Å²) < 4.78 is 3.00. The molecular weight excluding hydrogens is 292 g/mol. The van der Waals surface area contributed by atoms with Crippen molar-refractivity contribution in [3.05, 3.63) is 15.9 Å². The normalized spacial score (nSPS) is 27.9. The molecule has 0 saturated heterocycles.